The first-order valence-electron chi connectivity index (χ1n) is 6.54. The Morgan fingerprint density at radius 2 is 2.10 bits per heavy atom. The summed E-state index contributed by atoms with van der Waals surface area (Å²) in [5, 5.41) is 12.1. The number of hydrogen-bond acceptors (Lipinski definition) is 3. The van der Waals surface area contributed by atoms with Gasteiger partial charge in [0.05, 0.1) is 0 Å². The summed E-state index contributed by atoms with van der Waals surface area (Å²) >= 11 is 0. The standard InChI is InChI=1S/C14H16F2N4O/c1-9(10-2-3-11(15)12(16)8-10)17-6-7-18-14(21)13-4-5-19-20-13/h2-5,8-9,17H,6-7H2,1H3,(H,18,21)(H,19,20). The molecule has 1 amide bonds. The molecule has 1 unspecified atom stereocenters. The number of aromatic nitrogens is 2. The van der Waals surface area contributed by atoms with Gasteiger partial charge in [-0.25, -0.2) is 8.78 Å². The number of aromatic amines is 1. The van der Waals surface area contributed by atoms with Crippen LogP contribution in [-0.4, -0.2) is 29.2 Å². The Hall–Kier alpha value is -2.28. The number of amides is 1. The zero-order valence-corrected chi connectivity index (χ0v) is 11.5. The molecule has 1 aromatic heterocycles. The lowest BCUT2D eigenvalue weighted by atomic mass is 10.1. The fourth-order valence-electron chi connectivity index (χ4n) is 1.84. The molecule has 1 atom stereocenters. The average Bonchev–Trinajstić information content (AvgIpc) is 3.00. The second kappa shape index (κ2) is 6.94. The van der Waals surface area contributed by atoms with E-state index in [2.05, 4.69) is 20.8 Å². The maximum absolute atomic E-state index is 13.1. The van der Waals surface area contributed by atoms with E-state index in [4.69, 9.17) is 0 Å². The van der Waals surface area contributed by atoms with Gasteiger partial charge in [-0.1, -0.05) is 6.07 Å². The van der Waals surface area contributed by atoms with E-state index in [0.717, 1.165) is 12.1 Å². The molecule has 0 saturated heterocycles. The Morgan fingerprint density at radius 1 is 1.29 bits per heavy atom. The van der Waals surface area contributed by atoms with Crippen molar-refractivity contribution in [1.29, 1.82) is 0 Å². The number of H-pyrrole nitrogens is 1. The minimum Gasteiger partial charge on any atom is -0.349 e. The Bertz CT molecular complexity index is 601. The van der Waals surface area contributed by atoms with Crippen molar-refractivity contribution >= 4 is 5.91 Å². The van der Waals surface area contributed by atoms with Gasteiger partial charge in [0, 0.05) is 25.3 Å². The van der Waals surface area contributed by atoms with Gasteiger partial charge in [-0.3, -0.25) is 9.89 Å². The van der Waals surface area contributed by atoms with E-state index < -0.39 is 11.6 Å². The van der Waals surface area contributed by atoms with Gasteiger partial charge in [0.2, 0.25) is 0 Å². The van der Waals surface area contributed by atoms with Crippen molar-refractivity contribution in [2.75, 3.05) is 13.1 Å². The molecule has 0 aliphatic carbocycles. The predicted octanol–water partition coefficient (Wildman–Crippen LogP) is 1.77. The van der Waals surface area contributed by atoms with Crippen LogP contribution in [0.5, 0.6) is 0 Å². The molecule has 0 saturated carbocycles. The molecule has 0 aliphatic heterocycles. The van der Waals surface area contributed by atoms with Crippen LogP contribution in [0, 0.1) is 11.6 Å². The first-order valence-corrected chi connectivity index (χ1v) is 6.54. The van der Waals surface area contributed by atoms with Gasteiger partial charge in [-0.15, -0.1) is 0 Å². The summed E-state index contributed by atoms with van der Waals surface area (Å²) in [5.74, 6) is -1.97. The Balaban J connectivity index is 1.75. The molecular formula is C14H16F2N4O. The van der Waals surface area contributed by atoms with Crippen LogP contribution in [-0.2, 0) is 0 Å². The number of nitrogens with zero attached hydrogens (tertiary/aromatic N) is 1. The van der Waals surface area contributed by atoms with E-state index >= 15 is 0 Å². The number of hydrogen-bond donors (Lipinski definition) is 3. The second-order valence-corrected chi connectivity index (χ2v) is 4.58. The molecule has 0 fully saturated rings. The fourth-order valence-corrected chi connectivity index (χ4v) is 1.84. The largest absolute Gasteiger partial charge is 0.349 e. The molecule has 0 aliphatic rings. The van der Waals surface area contributed by atoms with Crippen LogP contribution in [0.3, 0.4) is 0 Å². The number of rotatable bonds is 6. The third-order valence-electron chi connectivity index (χ3n) is 3.05. The zero-order chi connectivity index (χ0) is 15.2. The van der Waals surface area contributed by atoms with E-state index in [9.17, 15) is 13.6 Å². The van der Waals surface area contributed by atoms with Crippen molar-refractivity contribution in [3.63, 3.8) is 0 Å². The quantitative estimate of drug-likeness (QED) is 0.711. The molecule has 1 heterocycles. The van der Waals surface area contributed by atoms with Crippen LogP contribution in [0.2, 0.25) is 0 Å². The van der Waals surface area contributed by atoms with Gasteiger partial charge in [0.15, 0.2) is 11.6 Å². The van der Waals surface area contributed by atoms with Crippen LogP contribution in [0.25, 0.3) is 0 Å². The van der Waals surface area contributed by atoms with Crippen molar-refractivity contribution in [2.45, 2.75) is 13.0 Å². The van der Waals surface area contributed by atoms with E-state index in [1.165, 1.54) is 12.3 Å². The smallest absolute Gasteiger partial charge is 0.269 e. The third kappa shape index (κ3) is 4.09. The van der Waals surface area contributed by atoms with E-state index in [-0.39, 0.29) is 11.9 Å². The molecule has 3 N–H and O–H groups in total. The molecule has 0 bridgehead atoms. The summed E-state index contributed by atoms with van der Waals surface area (Å²) in [7, 11) is 0. The lowest BCUT2D eigenvalue weighted by molar-refractivity contribution is 0.0948. The minimum atomic E-state index is -0.867. The molecule has 1 aromatic carbocycles. The number of carbonyl (C=O) groups excluding carboxylic acids is 1. The van der Waals surface area contributed by atoms with Crippen molar-refractivity contribution in [3.05, 3.63) is 53.4 Å². The Labute approximate surface area is 120 Å². The Kier molecular flexibility index (Phi) is 4.99. The molecule has 21 heavy (non-hydrogen) atoms. The van der Waals surface area contributed by atoms with Crippen LogP contribution >= 0.6 is 0 Å². The summed E-state index contributed by atoms with van der Waals surface area (Å²) in [6, 6.07) is 5.22. The summed E-state index contributed by atoms with van der Waals surface area (Å²) in [5.41, 5.74) is 1.04. The summed E-state index contributed by atoms with van der Waals surface area (Å²) < 4.78 is 26.0. The number of benzene rings is 1. The highest BCUT2D eigenvalue weighted by atomic mass is 19.2. The average molecular weight is 294 g/mol. The van der Waals surface area contributed by atoms with Gasteiger partial charge in [-0.05, 0) is 30.7 Å². The molecule has 2 aromatic rings. The highest BCUT2D eigenvalue weighted by Gasteiger charge is 2.09. The minimum absolute atomic E-state index is 0.149. The van der Waals surface area contributed by atoms with Gasteiger partial charge >= 0.3 is 0 Å². The summed E-state index contributed by atoms with van der Waals surface area (Å²) in [6.07, 6.45) is 1.50. The number of halogens is 2. The monoisotopic (exact) mass is 294 g/mol. The second-order valence-electron chi connectivity index (χ2n) is 4.58. The van der Waals surface area contributed by atoms with Crippen LogP contribution < -0.4 is 10.6 Å². The highest BCUT2D eigenvalue weighted by molar-refractivity contribution is 5.92. The lowest BCUT2D eigenvalue weighted by Crippen LogP contribution is -2.33. The normalized spacial score (nSPS) is 12.1. The van der Waals surface area contributed by atoms with E-state index in [0.29, 0.717) is 24.3 Å². The van der Waals surface area contributed by atoms with Crippen LogP contribution in [0.1, 0.15) is 29.0 Å². The van der Waals surface area contributed by atoms with Gasteiger partial charge in [-0.2, -0.15) is 5.10 Å². The molecule has 2 rings (SSSR count). The van der Waals surface area contributed by atoms with Crippen molar-refractivity contribution in [3.8, 4) is 0 Å². The molecule has 0 radical (unpaired) electrons. The Morgan fingerprint density at radius 3 is 2.76 bits per heavy atom. The first kappa shape index (κ1) is 15.1. The highest BCUT2D eigenvalue weighted by Crippen LogP contribution is 2.15. The maximum Gasteiger partial charge on any atom is 0.269 e. The molecule has 7 heteroatoms. The number of carbonyl (C=O) groups is 1. The van der Waals surface area contributed by atoms with E-state index in [1.54, 1.807) is 6.07 Å². The predicted molar refractivity (Wildman–Crippen MR) is 73.7 cm³/mol. The van der Waals surface area contributed by atoms with Crippen molar-refractivity contribution in [1.82, 2.24) is 20.8 Å². The molecular weight excluding hydrogens is 278 g/mol. The van der Waals surface area contributed by atoms with E-state index in [1.807, 2.05) is 6.92 Å². The fraction of sp³-hybridized carbons (Fsp3) is 0.286. The summed E-state index contributed by atoms with van der Waals surface area (Å²) in [4.78, 5) is 11.6. The molecule has 5 nitrogen and oxygen atoms in total. The number of nitrogens with one attached hydrogen (secondary N) is 3. The van der Waals surface area contributed by atoms with Gasteiger partial charge in [0.25, 0.3) is 5.91 Å². The van der Waals surface area contributed by atoms with Crippen LogP contribution in [0.4, 0.5) is 8.78 Å². The van der Waals surface area contributed by atoms with Crippen molar-refractivity contribution < 1.29 is 13.6 Å². The van der Waals surface area contributed by atoms with Crippen LogP contribution in [0.15, 0.2) is 30.5 Å². The molecule has 0 spiro atoms. The topological polar surface area (TPSA) is 69.8 Å². The molecule has 112 valence electrons. The first-order chi connectivity index (χ1) is 10.1. The lowest BCUT2D eigenvalue weighted by Gasteiger charge is -2.14. The van der Waals surface area contributed by atoms with Gasteiger partial charge < -0.3 is 10.6 Å². The zero-order valence-electron chi connectivity index (χ0n) is 11.5. The third-order valence-corrected chi connectivity index (χ3v) is 3.05. The van der Waals surface area contributed by atoms with Crippen molar-refractivity contribution in [2.24, 2.45) is 0 Å². The SMILES string of the molecule is CC(NCCNC(=O)c1ccn[nH]1)c1ccc(F)c(F)c1. The summed E-state index contributed by atoms with van der Waals surface area (Å²) in [6.45, 7) is 2.75. The maximum atomic E-state index is 13.1. The van der Waals surface area contributed by atoms with Gasteiger partial charge in [0.1, 0.15) is 5.69 Å².